The van der Waals surface area contributed by atoms with Crippen LogP contribution in [-0.2, 0) is 0 Å². The lowest BCUT2D eigenvalue weighted by Crippen LogP contribution is -1.87. The van der Waals surface area contributed by atoms with Crippen molar-refractivity contribution in [3.05, 3.63) is 54.8 Å². The van der Waals surface area contributed by atoms with Crippen molar-refractivity contribution in [2.75, 3.05) is 0 Å². The smallest absolute Gasteiger partial charge is 0.124 e. The molecule has 0 aliphatic rings. The number of hydrogen-bond donors (Lipinski definition) is 0. The number of rotatable bonds is 1. The van der Waals surface area contributed by atoms with Crippen LogP contribution in [0.25, 0.3) is 11.1 Å². The zero-order chi connectivity index (χ0) is 12.6. The zero-order valence-electron chi connectivity index (χ0n) is 8.28. The molecule has 0 amide bonds. The molecular weight excluding hydrogens is 396 g/mol. The second-order valence-electron chi connectivity index (χ2n) is 3.37. The molecule has 2 aromatic rings. The van der Waals surface area contributed by atoms with E-state index in [0.717, 1.165) is 14.7 Å². The van der Waals surface area contributed by atoms with Crippen LogP contribution in [0.4, 0.5) is 4.39 Å². The molecule has 0 fully saturated rings. The molecule has 0 nitrogen and oxygen atoms in total. The molecule has 0 radical (unpaired) electrons. The molecule has 17 heavy (non-hydrogen) atoms. The molecule has 0 aliphatic heterocycles. The van der Waals surface area contributed by atoms with Gasteiger partial charge < -0.3 is 0 Å². The maximum Gasteiger partial charge on any atom is 0.124 e. The summed E-state index contributed by atoms with van der Waals surface area (Å²) in [5, 5.41) is 1.31. The van der Waals surface area contributed by atoms with E-state index in [-0.39, 0.29) is 5.82 Å². The van der Waals surface area contributed by atoms with Crippen molar-refractivity contribution in [2.24, 2.45) is 0 Å². The first-order chi connectivity index (χ1) is 7.99. The van der Waals surface area contributed by atoms with Crippen molar-refractivity contribution in [2.45, 2.75) is 0 Å². The predicted octanol–water partition coefficient (Wildman–Crippen LogP) is 6.06. The SMILES string of the molecule is Fc1ccc(-c2cc(Cl)c(Cl)cc2Cl)c(I)c1. The average molecular weight is 401 g/mol. The van der Waals surface area contributed by atoms with Gasteiger partial charge in [-0.3, -0.25) is 0 Å². The minimum Gasteiger partial charge on any atom is -0.207 e. The minimum atomic E-state index is -0.283. The molecule has 0 saturated heterocycles. The van der Waals surface area contributed by atoms with Crippen molar-refractivity contribution in [3.8, 4) is 11.1 Å². The number of benzene rings is 2. The summed E-state index contributed by atoms with van der Waals surface area (Å²) >= 11 is 20.0. The standard InChI is InChI=1S/C12H5Cl3FI/c13-9-5-11(15)10(14)4-8(9)7-2-1-6(16)3-12(7)17/h1-5H. The molecule has 0 aliphatic carbocycles. The van der Waals surface area contributed by atoms with E-state index in [1.165, 1.54) is 12.1 Å². The van der Waals surface area contributed by atoms with Crippen molar-refractivity contribution in [1.82, 2.24) is 0 Å². The number of halogens is 5. The van der Waals surface area contributed by atoms with Crippen LogP contribution < -0.4 is 0 Å². The quantitative estimate of drug-likeness (QED) is 0.403. The van der Waals surface area contributed by atoms with Gasteiger partial charge in [0, 0.05) is 9.13 Å². The molecule has 0 bridgehead atoms. The van der Waals surface area contributed by atoms with Crippen LogP contribution in [-0.4, -0.2) is 0 Å². The lowest BCUT2D eigenvalue weighted by Gasteiger charge is -2.09. The third-order valence-corrected chi connectivity index (χ3v) is 4.16. The van der Waals surface area contributed by atoms with Crippen LogP contribution in [0.1, 0.15) is 0 Å². The van der Waals surface area contributed by atoms with Gasteiger partial charge in [-0.15, -0.1) is 0 Å². The summed E-state index contributed by atoms with van der Waals surface area (Å²) < 4.78 is 13.8. The normalized spacial score (nSPS) is 10.6. The molecule has 88 valence electrons. The van der Waals surface area contributed by atoms with Gasteiger partial charge in [-0.25, -0.2) is 4.39 Å². The molecular formula is C12H5Cl3FI. The first kappa shape index (κ1) is 13.4. The fourth-order valence-electron chi connectivity index (χ4n) is 1.44. The summed E-state index contributed by atoms with van der Waals surface area (Å²) in [5.41, 5.74) is 1.57. The van der Waals surface area contributed by atoms with E-state index >= 15 is 0 Å². The summed E-state index contributed by atoms with van der Waals surface area (Å²) in [7, 11) is 0. The van der Waals surface area contributed by atoms with Gasteiger partial charge in [-0.05, 0) is 52.4 Å². The number of hydrogen-bond acceptors (Lipinski definition) is 0. The van der Waals surface area contributed by atoms with E-state index in [4.69, 9.17) is 34.8 Å². The van der Waals surface area contributed by atoms with Gasteiger partial charge in [0.05, 0.1) is 15.1 Å². The van der Waals surface area contributed by atoms with E-state index in [1.807, 2.05) is 0 Å². The first-order valence-electron chi connectivity index (χ1n) is 4.59. The van der Waals surface area contributed by atoms with Crippen LogP contribution in [0.15, 0.2) is 30.3 Å². The second kappa shape index (κ2) is 5.31. The maximum absolute atomic E-state index is 13.0. The summed E-state index contributed by atoms with van der Waals surface area (Å²) in [5.74, 6) is -0.283. The minimum absolute atomic E-state index is 0.283. The average Bonchev–Trinajstić information content (AvgIpc) is 2.24. The Hall–Kier alpha value is -0.0300. The maximum atomic E-state index is 13.0. The molecule has 0 spiro atoms. The molecule has 2 rings (SSSR count). The topological polar surface area (TPSA) is 0 Å². The zero-order valence-corrected chi connectivity index (χ0v) is 12.7. The highest BCUT2D eigenvalue weighted by Crippen LogP contribution is 2.37. The van der Waals surface area contributed by atoms with Crippen molar-refractivity contribution in [3.63, 3.8) is 0 Å². The molecule has 0 unspecified atom stereocenters. The predicted molar refractivity (Wildman–Crippen MR) is 79.6 cm³/mol. The van der Waals surface area contributed by atoms with Crippen LogP contribution in [0.5, 0.6) is 0 Å². The summed E-state index contributed by atoms with van der Waals surface area (Å²) in [6, 6.07) is 7.76. The van der Waals surface area contributed by atoms with Gasteiger partial charge >= 0.3 is 0 Å². The third kappa shape index (κ3) is 2.87. The monoisotopic (exact) mass is 400 g/mol. The van der Waals surface area contributed by atoms with Gasteiger partial charge in [0.1, 0.15) is 5.82 Å². The Labute approximate surface area is 127 Å². The Bertz CT molecular complexity index is 584. The molecule has 2 aromatic carbocycles. The highest BCUT2D eigenvalue weighted by atomic mass is 127. The van der Waals surface area contributed by atoms with Crippen LogP contribution in [0.2, 0.25) is 15.1 Å². The molecule has 0 N–H and O–H groups in total. The molecule has 0 heterocycles. The third-order valence-electron chi connectivity index (χ3n) is 2.23. The van der Waals surface area contributed by atoms with Crippen LogP contribution in [0, 0.1) is 9.39 Å². The largest absolute Gasteiger partial charge is 0.207 e. The van der Waals surface area contributed by atoms with Gasteiger partial charge in [0.25, 0.3) is 0 Å². The second-order valence-corrected chi connectivity index (χ2v) is 5.75. The van der Waals surface area contributed by atoms with Gasteiger partial charge in [-0.1, -0.05) is 40.9 Å². The van der Waals surface area contributed by atoms with E-state index in [0.29, 0.717) is 15.1 Å². The molecule has 0 aromatic heterocycles. The van der Waals surface area contributed by atoms with Gasteiger partial charge in [-0.2, -0.15) is 0 Å². The van der Waals surface area contributed by atoms with Gasteiger partial charge in [0.15, 0.2) is 0 Å². The van der Waals surface area contributed by atoms with E-state index in [9.17, 15) is 4.39 Å². The fourth-order valence-corrected chi connectivity index (χ4v) is 2.85. The Balaban J connectivity index is 2.64. The van der Waals surface area contributed by atoms with E-state index < -0.39 is 0 Å². The highest BCUT2D eigenvalue weighted by Gasteiger charge is 2.11. The summed E-state index contributed by atoms with van der Waals surface area (Å²) in [4.78, 5) is 0. The molecule has 5 heteroatoms. The Morgan fingerprint density at radius 2 is 1.47 bits per heavy atom. The van der Waals surface area contributed by atoms with E-state index in [1.54, 1.807) is 18.2 Å². The van der Waals surface area contributed by atoms with Crippen LogP contribution in [0.3, 0.4) is 0 Å². The highest BCUT2D eigenvalue weighted by molar-refractivity contribution is 14.1. The van der Waals surface area contributed by atoms with Gasteiger partial charge in [0.2, 0.25) is 0 Å². The molecule has 0 saturated carbocycles. The summed E-state index contributed by atoms with van der Waals surface area (Å²) in [6.07, 6.45) is 0. The lowest BCUT2D eigenvalue weighted by molar-refractivity contribution is 0.627. The Morgan fingerprint density at radius 1 is 0.824 bits per heavy atom. The van der Waals surface area contributed by atoms with Crippen LogP contribution >= 0.6 is 57.4 Å². The lowest BCUT2D eigenvalue weighted by atomic mass is 10.1. The Morgan fingerprint density at radius 3 is 2.12 bits per heavy atom. The summed E-state index contributed by atoms with van der Waals surface area (Å²) in [6.45, 7) is 0. The van der Waals surface area contributed by atoms with Crippen molar-refractivity contribution < 1.29 is 4.39 Å². The van der Waals surface area contributed by atoms with Crippen molar-refractivity contribution >= 4 is 57.4 Å². The molecule has 0 atom stereocenters. The van der Waals surface area contributed by atoms with Crippen molar-refractivity contribution in [1.29, 1.82) is 0 Å². The Kier molecular flexibility index (Phi) is 4.18. The van der Waals surface area contributed by atoms with E-state index in [2.05, 4.69) is 22.6 Å². The fraction of sp³-hybridized carbons (Fsp3) is 0. The first-order valence-corrected chi connectivity index (χ1v) is 6.80.